The second-order valence-electron chi connectivity index (χ2n) is 6.60. The van der Waals surface area contributed by atoms with Gasteiger partial charge in [-0.1, -0.05) is 23.7 Å². The van der Waals surface area contributed by atoms with Gasteiger partial charge in [-0.2, -0.15) is 18.3 Å². The quantitative estimate of drug-likeness (QED) is 0.522. The van der Waals surface area contributed by atoms with Crippen LogP contribution in [0, 0.1) is 12.7 Å². The van der Waals surface area contributed by atoms with Gasteiger partial charge in [-0.25, -0.2) is 4.39 Å². The molecule has 3 aromatic rings. The Morgan fingerprint density at radius 3 is 2.79 bits per heavy atom. The molecule has 0 radical (unpaired) electrons. The van der Waals surface area contributed by atoms with Gasteiger partial charge in [0.05, 0.1) is 10.4 Å². The summed E-state index contributed by atoms with van der Waals surface area (Å²) in [5.41, 5.74) is 0.806. The predicted octanol–water partition coefficient (Wildman–Crippen LogP) is 5.94. The number of hydrogen-bond donors (Lipinski definition) is 1. The Kier molecular flexibility index (Phi) is 4.76. The summed E-state index contributed by atoms with van der Waals surface area (Å²) in [6, 6.07) is 3.90. The van der Waals surface area contributed by atoms with Crippen LogP contribution in [0.1, 0.15) is 40.2 Å². The number of benzene rings is 1. The summed E-state index contributed by atoms with van der Waals surface area (Å²) in [7, 11) is 0. The fourth-order valence-corrected chi connectivity index (χ4v) is 5.06. The first-order chi connectivity index (χ1) is 13.2. The van der Waals surface area contributed by atoms with Crippen LogP contribution < -0.4 is 5.32 Å². The summed E-state index contributed by atoms with van der Waals surface area (Å²) in [5, 5.41) is 6.92. The highest BCUT2D eigenvalue weighted by Crippen LogP contribution is 2.46. The van der Waals surface area contributed by atoms with Crippen LogP contribution in [0.4, 0.5) is 17.6 Å². The van der Waals surface area contributed by atoms with Crippen LogP contribution in [0.25, 0.3) is 11.1 Å². The molecule has 0 fully saturated rings. The standard InChI is InChI=1S/C19H16ClF4N3S/c1-3-27-8-11(17(26-27)19(22,23)24)15-10(5-4-6-12(15)21)16-14-9(2)18(20)28-13(14)7-25-16/h4-6,8,16,25H,3,7H2,1-2H3/t16-/m0/s1. The molecule has 4 rings (SSSR count). The van der Waals surface area contributed by atoms with Gasteiger partial charge in [0, 0.05) is 35.3 Å². The summed E-state index contributed by atoms with van der Waals surface area (Å²) < 4.78 is 57.5. The topological polar surface area (TPSA) is 29.9 Å². The van der Waals surface area contributed by atoms with Crippen molar-refractivity contribution in [3.8, 4) is 11.1 Å². The Hall–Kier alpha value is -1.90. The van der Waals surface area contributed by atoms with Gasteiger partial charge in [-0.15, -0.1) is 11.3 Å². The number of nitrogens with one attached hydrogen (secondary N) is 1. The maximum atomic E-state index is 14.9. The number of aryl methyl sites for hydroxylation is 1. The lowest BCUT2D eigenvalue weighted by Crippen LogP contribution is -2.16. The SMILES string of the molecule is CCn1cc(-c2c(F)cccc2[C@@H]2NCc3sc(Cl)c(C)c32)c(C(F)(F)F)n1. The molecule has 0 amide bonds. The van der Waals surface area contributed by atoms with Gasteiger partial charge in [-0.3, -0.25) is 4.68 Å². The molecule has 0 saturated heterocycles. The number of fused-ring (bicyclic) bond motifs is 1. The maximum Gasteiger partial charge on any atom is 0.435 e. The summed E-state index contributed by atoms with van der Waals surface area (Å²) >= 11 is 7.69. The number of aromatic nitrogens is 2. The summed E-state index contributed by atoms with van der Waals surface area (Å²) in [5.74, 6) is -0.715. The fourth-order valence-electron chi connectivity index (χ4n) is 3.67. The molecule has 9 heteroatoms. The van der Waals surface area contributed by atoms with Gasteiger partial charge in [0.2, 0.25) is 0 Å². The van der Waals surface area contributed by atoms with Crippen LogP contribution in [0.3, 0.4) is 0 Å². The van der Waals surface area contributed by atoms with Gasteiger partial charge in [0.25, 0.3) is 0 Å². The van der Waals surface area contributed by atoms with Crippen LogP contribution in [0.5, 0.6) is 0 Å². The molecular weight excluding hydrogens is 414 g/mol. The summed E-state index contributed by atoms with van der Waals surface area (Å²) in [6.45, 7) is 4.33. The molecule has 0 unspecified atom stereocenters. The van der Waals surface area contributed by atoms with Crippen molar-refractivity contribution in [1.82, 2.24) is 15.1 Å². The predicted molar refractivity (Wildman–Crippen MR) is 101 cm³/mol. The van der Waals surface area contributed by atoms with Gasteiger partial charge < -0.3 is 5.32 Å². The summed E-state index contributed by atoms with van der Waals surface area (Å²) in [6.07, 6.45) is -3.43. The summed E-state index contributed by atoms with van der Waals surface area (Å²) in [4.78, 5) is 1.02. The van der Waals surface area contributed by atoms with E-state index in [1.807, 2.05) is 6.92 Å². The normalized spacial score (nSPS) is 16.6. The smallest absolute Gasteiger partial charge is 0.301 e. The van der Waals surface area contributed by atoms with Crippen molar-refractivity contribution in [1.29, 1.82) is 0 Å². The van der Waals surface area contributed by atoms with E-state index < -0.39 is 23.7 Å². The van der Waals surface area contributed by atoms with Crippen LogP contribution in [-0.2, 0) is 19.3 Å². The molecule has 28 heavy (non-hydrogen) atoms. The minimum atomic E-state index is -4.69. The van der Waals surface area contributed by atoms with E-state index >= 15 is 0 Å². The number of nitrogens with zero attached hydrogens (tertiary/aromatic N) is 2. The highest BCUT2D eigenvalue weighted by molar-refractivity contribution is 7.16. The second kappa shape index (κ2) is 6.86. The van der Waals surface area contributed by atoms with Crippen molar-refractivity contribution in [3.05, 3.63) is 61.8 Å². The van der Waals surface area contributed by atoms with E-state index in [0.29, 0.717) is 16.4 Å². The first kappa shape index (κ1) is 19.4. The van der Waals surface area contributed by atoms with Crippen molar-refractivity contribution in [3.63, 3.8) is 0 Å². The zero-order valence-electron chi connectivity index (χ0n) is 15.0. The van der Waals surface area contributed by atoms with Crippen LogP contribution in [0.2, 0.25) is 4.34 Å². The maximum absolute atomic E-state index is 14.9. The van der Waals surface area contributed by atoms with Crippen molar-refractivity contribution in [2.75, 3.05) is 0 Å². The third-order valence-corrected chi connectivity index (χ3v) is 6.56. The van der Waals surface area contributed by atoms with E-state index in [2.05, 4.69) is 10.4 Å². The van der Waals surface area contributed by atoms with E-state index in [1.165, 1.54) is 34.3 Å². The Bertz CT molecular complexity index is 1050. The average molecular weight is 430 g/mol. The lowest BCUT2D eigenvalue weighted by atomic mass is 9.91. The molecule has 0 spiro atoms. The van der Waals surface area contributed by atoms with E-state index in [4.69, 9.17) is 11.6 Å². The molecule has 1 N–H and O–H groups in total. The minimum Gasteiger partial charge on any atom is -0.301 e. The van der Waals surface area contributed by atoms with E-state index in [9.17, 15) is 17.6 Å². The van der Waals surface area contributed by atoms with Gasteiger partial charge in [0.15, 0.2) is 5.69 Å². The molecule has 3 nitrogen and oxygen atoms in total. The van der Waals surface area contributed by atoms with E-state index in [1.54, 1.807) is 13.0 Å². The number of halogens is 5. The molecule has 1 atom stereocenters. The minimum absolute atomic E-state index is 0.0819. The number of rotatable bonds is 3. The number of thiophene rings is 1. The largest absolute Gasteiger partial charge is 0.435 e. The number of alkyl halides is 3. The van der Waals surface area contributed by atoms with Crippen LogP contribution in [-0.4, -0.2) is 9.78 Å². The van der Waals surface area contributed by atoms with Crippen molar-refractivity contribution >= 4 is 22.9 Å². The van der Waals surface area contributed by atoms with E-state index in [0.717, 1.165) is 16.0 Å². The highest BCUT2D eigenvalue weighted by atomic mass is 35.5. The molecule has 1 aliphatic heterocycles. The lowest BCUT2D eigenvalue weighted by Gasteiger charge is -2.19. The fraction of sp³-hybridized carbons (Fsp3) is 0.316. The van der Waals surface area contributed by atoms with Crippen molar-refractivity contribution < 1.29 is 17.6 Å². The third-order valence-electron chi connectivity index (χ3n) is 4.95. The van der Waals surface area contributed by atoms with Crippen LogP contribution >= 0.6 is 22.9 Å². The molecule has 148 valence electrons. The Labute approximate surface area is 167 Å². The second-order valence-corrected chi connectivity index (χ2v) is 8.31. The lowest BCUT2D eigenvalue weighted by molar-refractivity contribution is -0.141. The third kappa shape index (κ3) is 3.03. The first-order valence-electron chi connectivity index (χ1n) is 8.66. The van der Waals surface area contributed by atoms with Crippen molar-refractivity contribution in [2.45, 2.75) is 39.2 Å². The monoisotopic (exact) mass is 429 g/mol. The molecule has 0 saturated carbocycles. The van der Waals surface area contributed by atoms with Gasteiger partial charge in [0.1, 0.15) is 5.82 Å². The average Bonchev–Trinajstić information content (AvgIpc) is 3.30. The zero-order valence-corrected chi connectivity index (χ0v) is 16.6. The van der Waals surface area contributed by atoms with Crippen LogP contribution in [0.15, 0.2) is 24.4 Å². The van der Waals surface area contributed by atoms with E-state index in [-0.39, 0.29) is 17.7 Å². The highest BCUT2D eigenvalue weighted by Gasteiger charge is 2.40. The van der Waals surface area contributed by atoms with Gasteiger partial charge in [-0.05, 0) is 36.6 Å². The Balaban J connectivity index is 1.95. The number of hydrogen-bond acceptors (Lipinski definition) is 3. The molecule has 2 aromatic heterocycles. The molecule has 0 bridgehead atoms. The Morgan fingerprint density at radius 2 is 2.11 bits per heavy atom. The first-order valence-corrected chi connectivity index (χ1v) is 9.86. The molecule has 3 heterocycles. The van der Waals surface area contributed by atoms with Crippen molar-refractivity contribution in [2.24, 2.45) is 0 Å². The zero-order chi connectivity index (χ0) is 20.2. The molecular formula is C19H16ClF4N3S. The van der Waals surface area contributed by atoms with Gasteiger partial charge >= 0.3 is 6.18 Å². The molecule has 0 aliphatic carbocycles. The molecule has 1 aromatic carbocycles. The Morgan fingerprint density at radius 1 is 1.36 bits per heavy atom. The molecule has 1 aliphatic rings.